The van der Waals surface area contributed by atoms with Gasteiger partial charge in [-0.1, -0.05) is 24.3 Å². The van der Waals surface area contributed by atoms with Crippen LogP contribution in [0.5, 0.6) is 0 Å². The van der Waals surface area contributed by atoms with E-state index in [-0.39, 0.29) is 17.3 Å². The molecule has 6 heteroatoms. The van der Waals surface area contributed by atoms with Crippen LogP contribution in [0.1, 0.15) is 11.1 Å². The van der Waals surface area contributed by atoms with E-state index >= 15 is 0 Å². The van der Waals surface area contributed by atoms with E-state index in [1.165, 1.54) is 17.4 Å². The van der Waals surface area contributed by atoms with Crippen LogP contribution in [0.15, 0.2) is 53.4 Å². The molecule has 0 aliphatic carbocycles. The molecule has 0 aromatic heterocycles. The first kappa shape index (κ1) is 17.5. The first-order valence-electron chi connectivity index (χ1n) is 8.20. The summed E-state index contributed by atoms with van der Waals surface area (Å²) in [4.78, 5) is 16.6. The Morgan fingerprint density at radius 1 is 1.08 bits per heavy atom. The Morgan fingerprint density at radius 2 is 1.72 bits per heavy atom. The van der Waals surface area contributed by atoms with Gasteiger partial charge in [0.2, 0.25) is 5.91 Å². The lowest BCUT2D eigenvalue weighted by atomic mass is 10.00. The molecule has 0 atom stereocenters. The number of carbonyl (C=O) groups is 1. The molecule has 5 nitrogen and oxygen atoms in total. The van der Waals surface area contributed by atoms with Crippen LogP contribution in [-0.2, 0) is 27.6 Å². The molecule has 132 valence electrons. The Labute approximate surface area is 148 Å². The first-order chi connectivity index (χ1) is 11.8. The molecule has 0 radical (unpaired) electrons. The average Bonchev–Trinajstić information content (AvgIpc) is 2.60. The largest absolute Gasteiger partial charge is 0.365 e. The smallest absolute Gasteiger partial charge is 0.242 e. The van der Waals surface area contributed by atoms with Gasteiger partial charge in [-0.15, -0.1) is 0 Å². The summed E-state index contributed by atoms with van der Waals surface area (Å²) >= 11 is 0. The summed E-state index contributed by atoms with van der Waals surface area (Å²) in [6.07, 6.45) is 2.07. The van der Waals surface area contributed by atoms with Gasteiger partial charge in [-0.3, -0.25) is 4.79 Å². The fourth-order valence-corrected chi connectivity index (χ4v) is 3.68. The SMILES string of the molecule is CN(CC(=O)N1CCc2ccccc2C1)c1ccc(S(C)(=O)=O)cc1. The molecule has 2 aromatic carbocycles. The number of benzene rings is 2. The summed E-state index contributed by atoms with van der Waals surface area (Å²) in [5.41, 5.74) is 3.34. The molecule has 2 aromatic rings. The summed E-state index contributed by atoms with van der Waals surface area (Å²) in [5.74, 6) is 0.0733. The van der Waals surface area contributed by atoms with Crippen molar-refractivity contribution in [3.63, 3.8) is 0 Å². The molecule has 1 aliphatic rings. The van der Waals surface area contributed by atoms with E-state index in [0.29, 0.717) is 6.54 Å². The van der Waals surface area contributed by atoms with Gasteiger partial charge in [-0.2, -0.15) is 0 Å². The molecule has 3 rings (SSSR count). The standard InChI is InChI=1S/C19H22N2O3S/c1-20(17-7-9-18(10-8-17)25(2,23)24)14-19(22)21-12-11-15-5-3-4-6-16(15)13-21/h3-10H,11-14H2,1-2H3. The van der Waals surface area contributed by atoms with Gasteiger partial charge in [0.25, 0.3) is 0 Å². The molecule has 25 heavy (non-hydrogen) atoms. The number of hydrogen-bond donors (Lipinski definition) is 0. The number of fused-ring (bicyclic) bond motifs is 1. The van der Waals surface area contributed by atoms with Gasteiger partial charge in [-0.25, -0.2) is 8.42 Å². The summed E-state index contributed by atoms with van der Waals surface area (Å²) in [5, 5.41) is 0. The predicted octanol–water partition coefficient (Wildman–Crippen LogP) is 2.11. The van der Waals surface area contributed by atoms with E-state index < -0.39 is 9.84 Å². The topological polar surface area (TPSA) is 57.7 Å². The summed E-state index contributed by atoms with van der Waals surface area (Å²) in [6.45, 7) is 1.65. The van der Waals surface area contributed by atoms with Crippen molar-refractivity contribution < 1.29 is 13.2 Å². The predicted molar refractivity (Wildman–Crippen MR) is 98.4 cm³/mol. The van der Waals surface area contributed by atoms with Crippen LogP contribution >= 0.6 is 0 Å². The lowest BCUT2D eigenvalue weighted by molar-refractivity contribution is -0.130. The normalized spacial score (nSPS) is 14.1. The molecule has 1 aliphatic heterocycles. The van der Waals surface area contributed by atoms with E-state index in [0.717, 1.165) is 18.7 Å². The van der Waals surface area contributed by atoms with Gasteiger partial charge in [0.15, 0.2) is 9.84 Å². The molecular formula is C19H22N2O3S. The van der Waals surface area contributed by atoms with Crippen molar-refractivity contribution >= 4 is 21.4 Å². The van der Waals surface area contributed by atoms with Gasteiger partial charge in [0.05, 0.1) is 11.4 Å². The second-order valence-corrected chi connectivity index (χ2v) is 8.47. The van der Waals surface area contributed by atoms with Crippen LogP contribution in [0.4, 0.5) is 5.69 Å². The van der Waals surface area contributed by atoms with Crippen LogP contribution in [0, 0.1) is 0 Å². The van der Waals surface area contributed by atoms with Gasteiger partial charge < -0.3 is 9.80 Å². The van der Waals surface area contributed by atoms with Crippen LogP contribution in [0.3, 0.4) is 0 Å². The third kappa shape index (κ3) is 4.02. The first-order valence-corrected chi connectivity index (χ1v) is 10.1. The monoisotopic (exact) mass is 358 g/mol. The van der Waals surface area contributed by atoms with Crippen LogP contribution < -0.4 is 4.90 Å². The highest BCUT2D eigenvalue weighted by Crippen LogP contribution is 2.20. The summed E-state index contributed by atoms with van der Waals surface area (Å²) < 4.78 is 23.0. The number of hydrogen-bond acceptors (Lipinski definition) is 4. The highest BCUT2D eigenvalue weighted by molar-refractivity contribution is 7.90. The van der Waals surface area contributed by atoms with Crippen LogP contribution in [0.25, 0.3) is 0 Å². The fourth-order valence-electron chi connectivity index (χ4n) is 3.05. The fraction of sp³-hybridized carbons (Fsp3) is 0.316. The van der Waals surface area contributed by atoms with Gasteiger partial charge in [0.1, 0.15) is 0 Å². The van der Waals surface area contributed by atoms with Crippen molar-refractivity contribution in [2.75, 3.05) is 31.3 Å². The minimum atomic E-state index is -3.21. The third-order valence-corrected chi connectivity index (χ3v) is 5.69. The molecule has 0 fully saturated rings. The zero-order valence-corrected chi connectivity index (χ0v) is 15.3. The van der Waals surface area contributed by atoms with E-state index in [1.807, 2.05) is 29.0 Å². The van der Waals surface area contributed by atoms with Gasteiger partial charge in [-0.05, 0) is 41.8 Å². The second-order valence-electron chi connectivity index (χ2n) is 6.46. The van der Waals surface area contributed by atoms with Crippen LogP contribution in [-0.4, -0.2) is 45.6 Å². The maximum Gasteiger partial charge on any atom is 0.242 e. The number of rotatable bonds is 4. The van der Waals surface area contributed by atoms with E-state index in [4.69, 9.17) is 0 Å². The molecule has 1 heterocycles. The molecular weight excluding hydrogens is 336 g/mol. The molecule has 0 N–H and O–H groups in total. The number of sulfone groups is 1. The molecule has 0 saturated heterocycles. The Bertz CT molecular complexity index is 876. The van der Waals surface area contributed by atoms with Crippen molar-refractivity contribution in [1.29, 1.82) is 0 Å². The quantitative estimate of drug-likeness (QED) is 0.840. The van der Waals surface area contributed by atoms with E-state index in [9.17, 15) is 13.2 Å². The van der Waals surface area contributed by atoms with Crippen molar-refractivity contribution in [2.45, 2.75) is 17.9 Å². The Kier molecular flexibility index (Phi) is 4.81. The summed E-state index contributed by atoms with van der Waals surface area (Å²) in [7, 11) is -1.37. The zero-order valence-electron chi connectivity index (χ0n) is 14.5. The minimum absolute atomic E-state index is 0.0733. The second kappa shape index (κ2) is 6.88. The maximum absolute atomic E-state index is 12.6. The van der Waals surface area contributed by atoms with Gasteiger partial charge in [0, 0.05) is 32.1 Å². The van der Waals surface area contributed by atoms with E-state index in [1.54, 1.807) is 24.3 Å². The minimum Gasteiger partial charge on any atom is -0.365 e. The Balaban J connectivity index is 1.65. The lowest BCUT2D eigenvalue weighted by Gasteiger charge is -2.31. The van der Waals surface area contributed by atoms with Crippen molar-refractivity contribution in [1.82, 2.24) is 4.90 Å². The van der Waals surface area contributed by atoms with E-state index in [2.05, 4.69) is 12.1 Å². The molecule has 0 saturated carbocycles. The molecule has 0 bridgehead atoms. The zero-order chi connectivity index (χ0) is 18.0. The number of amides is 1. The highest BCUT2D eigenvalue weighted by atomic mass is 32.2. The van der Waals surface area contributed by atoms with Crippen molar-refractivity contribution in [3.8, 4) is 0 Å². The molecule has 1 amide bonds. The molecule has 0 unspecified atom stereocenters. The lowest BCUT2D eigenvalue weighted by Crippen LogP contribution is -2.41. The van der Waals surface area contributed by atoms with Crippen molar-refractivity contribution in [3.05, 3.63) is 59.7 Å². The number of likely N-dealkylation sites (N-methyl/N-ethyl adjacent to an activating group) is 1. The summed E-state index contributed by atoms with van der Waals surface area (Å²) in [6, 6.07) is 14.8. The Hall–Kier alpha value is -2.34. The third-order valence-electron chi connectivity index (χ3n) is 4.56. The Morgan fingerprint density at radius 3 is 2.36 bits per heavy atom. The average molecular weight is 358 g/mol. The van der Waals surface area contributed by atoms with Crippen LogP contribution in [0.2, 0.25) is 0 Å². The number of carbonyl (C=O) groups excluding carboxylic acids is 1. The highest BCUT2D eigenvalue weighted by Gasteiger charge is 2.21. The van der Waals surface area contributed by atoms with Gasteiger partial charge >= 0.3 is 0 Å². The maximum atomic E-state index is 12.6. The molecule has 0 spiro atoms. The number of nitrogens with zero attached hydrogens (tertiary/aromatic N) is 2. The number of anilines is 1. The van der Waals surface area contributed by atoms with Crippen molar-refractivity contribution in [2.24, 2.45) is 0 Å².